The molecular formula is C17H20N2O2. The first kappa shape index (κ1) is 13.9. The summed E-state index contributed by atoms with van der Waals surface area (Å²) in [5, 5.41) is 3.51. The maximum atomic E-state index is 5.85. The van der Waals surface area contributed by atoms with E-state index < -0.39 is 0 Å². The smallest absolute Gasteiger partial charge is 0.219 e. The van der Waals surface area contributed by atoms with Gasteiger partial charge in [0.05, 0.1) is 7.11 Å². The lowest BCUT2D eigenvalue weighted by atomic mass is 10.2. The van der Waals surface area contributed by atoms with Crippen LogP contribution in [0.25, 0.3) is 0 Å². The molecule has 4 nitrogen and oxygen atoms in total. The highest BCUT2D eigenvalue weighted by Gasteiger charge is 2.20. The van der Waals surface area contributed by atoms with Gasteiger partial charge in [0.15, 0.2) is 0 Å². The van der Waals surface area contributed by atoms with Crippen LogP contribution in [-0.2, 0) is 6.54 Å². The minimum Gasteiger partial charge on any atom is -0.497 e. The number of methoxy groups -OCH3 is 1. The highest BCUT2D eigenvalue weighted by Crippen LogP contribution is 2.25. The zero-order valence-corrected chi connectivity index (χ0v) is 12.4. The fourth-order valence-corrected chi connectivity index (χ4v) is 2.20. The number of nitrogens with one attached hydrogen (secondary N) is 1. The molecule has 1 saturated carbocycles. The third-order valence-electron chi connectivity index (χ3n) is 3.43. The van der Waals surface area contributed by atoms with Gasteiger partial charge in [-0.15, -0.1) is 0 Å². The minimum absolute atomic E-state index is 0.621. The average Bonchev–Trinajstić information content (AvgIpc) is 3.29. The first-order valence-corrected chi connectivity index (χ1v) is 7.26. The van der Waals surface area contributed by atoms with E-state index >= 15 is 0 Å². The van der Waals surface area contributed by atoms with Gasteiger partial charge in [-0.1, -0.05) is 6.07 Å². The van der Waals surface area contributed by atoms with Crippen LogP contribution in [0.1, 0.15) is 24.1 Å². The summed E-state index contributed by atoms with van der Waals surface area (Å²) >= 11 is 0. The monoisotopic (exact) mass is 284 g/mol. The van der Waals surface area contributed by atoms with Crippen molar-refractivity contribution in [3.63, 3.8) is 0 Å². The lowest BCUT2D eigenvalue weighted by Gasteiger charge is -2.10. The normalized spacial score (nSPS) is 14.0. The molecule has 0 atom stereocenters. The summed E-state index contributed by atoms with van der Waals surface area (Å²) in [7, 11) is 1.64. The van der Waals surface area contributed by atoms with Crippen LogP contribution in [0.2, 0.25) is 0 Å². The van der Waals surface area contributed by atoms with Crippen LogP contribution in [-0.4, -0.2) is 18.1 Å². The van der Waals surface area contributed by atoms with Crippen LogP contribution in [0.5, 0.6) is 17.4 Å². The summed E-state index contributed by atoms with van der Waals surface area (Å²) in [6.07, 6.45) is 2.58. The Kier molecular flexibility index (Phi) is 4.06. The summed E-state index contributed by atoms with van der Waals surface area (Å²) < 4.78 is 11.0. The summed E-state index contributed by atoms with van der Waals surface area (Å²) in [4.78, 5) is 4.44. The topological polar surface area (TPSA) is 43.4 Å². The van der Waals surface area contributed by atoms with E-state index in [9.17, 15) is 0 Å². The highest BCUT2D eigenvalue weighted by molar-refractivity contribution is 5.36. The van der Waals surface area contributed by atoms with Gasteiger partial charge < -0.3 is 14.8 Å². The Hall–Kier alpha value is -2.07. The van der Waals surface area contributed by atoms with Gasteiger partial charge in [-0.05, 0) is 43.5 Å². The molecule has 1 heterocycles. The quantitative estimate of drug-likeness (QED) is 0.882. The SMILES string of the molecule is COc1cccc(Oc2cc(CNC3CC3)cc(C)n2)c1. The van der Waals surface area contributed by atoms with Crippen LogP contribution in [0.4, 0.5) is 0 Å². The number of ether oxygens (including phenoxy) is 2. The molecule has 0 amide bonds. The van der Waals surface area contributed by atoms with Crippen molar-refractivity contribution in [2.45, 2.75) is 32.4 Å². The molecule has 110 valence electrons. The zero-order chi connectivity index (χ0) is 14.7. The van der Waals surface area contributed by atoms with E-state index in [0.717, 1.165) is 23.7 Å². The highest BCUT2D eigenvalue weighted by atomic mass is 16.5. The summed E-state index contributed by atoms with van der Waals surface area (Å²) in [5.74, 6) is 2.13. The largest absolute Gasteiger partial charge is 0.497 e. The molecule has 0 saturated heterocycles. The minimum atomic E-state index is 0.621. The van der Waals surface area contributed by atoms with Crippen molar-refractivity contribution in [1.82, 2.24) is 10.3 Å². The van der Waals surface area contributed by atoms with Crippen molar-refractivity contribution >= 4 is 0 Å². The number of rotatable bonds is 6. The molecule has 4 heteroatoms. The van der Waals surface area contributed by atoms with Gasteiger partial charge in [0, 0.05) is 30.4 Å². The number of hydrogen-bond acceptors (Lipinski definition) is 4. The molecule has 1 aliphatic rings. The van der Waals surface area contributed by atoms with Crippen molar-refractivity contribution in [2.75, 3.05) is 7.11 Å². The number of pyridine rings is 1. The lowest BCUT2D eigenvalue weighted by molar-refractivity contribution is 0.407. The van der Waals surface area contributed by atoms with E-state index in [1.165, 1.54) is 18.4 Å². The molecule has 0 aliphatic heterocycles. The second-order valence-corrected chi connectivity index (χ2v) is 5.39. The van der Waals surface area contributed by atoms with Gasteiger partial charge in [-0.25, -0.2) is 4.98 Å². The van der Waals surface area contributed by atoms with Gasteiger partial charge >= 0.3 is 0 Å². The average molecular weight is 284 g/mol. The van der Waals surface area contributed by atoms with Crippen molar-refractivity contribution in [2.24, 2.45) is 0 Å². The van der Waals surface area contributed by atoms with Crippen molar-refractivity contribution in [3.05, 3.63) is 47.7 Å². The Morgan fingerprint density at radius 2 is 2.00 bits per heavy atom. The third-order valence-corrected chi connectivity index (χ3v) is 3.43. The first-order chi connectivity index (χ1) is 10.2. The van der Waals surface area contributed by atoms with E-state index in [2.05, 4.69) is 16.4 Å². The molecule has 1 aromatic heterocycles. The van der Waals surface area contributed by atoms with E-state index in [1.807, 2.05) is 37.3 Å². The van der Waals surface area contributed by atoms with Gasteiger partial charge in [-0.2, -0.15) is 0 Å². The predicted molar refractivity (Wildman–Crippen MR) is 81.9 cm³/mol. The number of aryl methyl sites for hydroxylation is 1. The number of hydrogen-bond donors (Lipinski definition) is 1. The van der Waals surface area contributed by atoms with Crippen LogP contribution in [0.15, 0.2) is 36.4 Å². The van der Waals surface area contributed by atoms with E-state index in [-0.39, 0.29) is 0 Å². The Labute approximate surface area is 125 Å². The molecule has 1 N–H and O–H groups in total. The van der Waals surface area contributed by atoms with Gasteiger partial charge in [0.25, 0.3) is 0 Å². The van der Waals surface area contributed by atoms with Crippen LogP contribution in [0.3, 0.4) is 0 Å². The molecule has 0 spiro atoms. The molecule has 21 heavy (non-hydrogen) atoms. The molecule has 2 aromatic rings. The summed E-state index contributed by atoms with van der Waals surface area (Å²) in [5.41, 5.74) is 2.16. The first-order valence-electron chi connectivity index (χ1n) is 7.26. The molecule has 0 bridgehead atoms. The maximum absolute atomic E-state index is 5.85. The second-order valence-electron chi connectivity index (χ2n) is 5.39. The number of benzene rings is 1. The Morgan fingerprint density at radius 1 is 1.19 bits per heavy atom. The second kappa shape index (κ2) is 6.14. The standard InChI is InChI=1S/C17H20N2O2/c1-12-8-13(11-18-14-6-7-14)9-17(19-12)21-16-5-3-4-15(10-16)20-2/h3-5,8-10,14,18H,6-7,11H2,1-2H3. The lowest BCUT2D eigenvalue weighted by Crippen LogP contribution is -2.15. The molecule has 0 radical (unpaired) electrons. The van der Waals surface area contributed by atoms with Crippen LogP contribution < -0.4 is 14.8 Å². The fraction of sp³-hybridized carbons (Fsp3) is 0.353. The van der Waals surface area contributed by atoms with Gasteiger partial charge in [0.2, 0.25) is 5.88 Å². The maximum Gasteiger partial charge on any atom is 0.219 e. The fourth-order valence-electron chi connectivity index (χ4n) is 2.20. The van der Waals surface area contributed by atoms with E-state index in [0.29, 0.717) is 11.9 Å². The molecule has 1 fully saturated rings. The van der Waals surface area contributed by atoms with Crippen molar-refractivity contribution in [1.29, 1.82) is 0 Å². The van der Waals surface area contributed by atoms with Crippen LogP contribution in [0, 0.1) is 6.92 Å². The Morgan fingerprint density at radius 3 is 2.76 bits per heavy atom. The molecule has 1 aliphatic carbocycles. The molecule has 0 unspecified atom stereocenters. The third kappa shape index (κ3) is 3.95. The number of aromatic nitrogens is 1. The van der Waals surface area contributed by atoms with Gasteiger partial charge in [-0.3, -0.25) is 0 Å². The zero-order valence-electron chi connectivity index (χ0n) is 12.4. The van der Waals surface area contributed by atoms with E-state index in [4.69, 9.17) is 9.47 Å². The Bertz CT molecular complexity index is 624. The van der Waals surface area contributed by atoms with Gasteiger partial charge in [0.1, 0.15) is 11.5 Å². The molecule has 3 rings (SSSR count). The van der Waals surface area contributed by atoms with E-state index in [1.54, 1.807) is 7.11 Å². The van der Waals surface area contributed by atoms with Crippen molar-refractivity contribution in [3.8, 4) is 17.4 Å². The van der Waals surface area contributed by atoms with Crippen molar-refractivity contribution < 1.29 is 9.47 Å². The summed E-state index contributed by atoms with van der Waals surface area (Å²) in [6, 6.07) is 12.3. The number of nitrogens with zero attached hydrogens (tertiary/aromatic N) is 1. The van der Waals surface area contributed by atoms with Crippen LogP contribution >= 0.6 is 0 Å². The predicted octanol–water partition coefficient (Wildman–Crippen LogP) is 3.44. The molecule has 1 aromatic carbocycles. The Balaban J connectivity index is 1.73. The molecular weight excluding hydrogens is 264 g/mol. The summed E-state index contributed by atoms with van der Waals surface area (Å²) in [6.45, 7) is 2.85.